The molecule has 28 heavy (non-hydrogen) atoms. The summed E-state index contributed by atoms with van der Waals surface area (Å²) in [6.45, 7) is 6.54. The quantitative estimate of drug-likeness (QED) is 0.726. The highest BCUT2D eigenvalue weighted by molar-refractivity contribution is 7.13. The summed E-state index contributed by atoms with van der Waals surface area (Å²) in [6, 6.07) is 12.4. The SMILES string of the molecule is CC(C)c1ccc(-c2nc(C(=O)N3CCNCC3c3cccnc3)cs2)cc1. The van der Waals surface area contributed by atoms with Gasteiger partial charge in [-0.05, 0) is 23.1 Å². The Balaban J connectivity index is 1.56. The van der Waals surface area contributed by atoms with Crippen molar-refractivity contribution in [2.75, 3.05) is 19.6 Å². The maximum absolute atomic E-state index is 13.2. The summed E-state index contributed by atoms with van der Waals surface area (Å²) in [6.07, 6.45) is 3.59. The van der Waals surface area contributed by atoms with E-state index >= 15 is 0 Å². The molecule has 0 aliphatic carbocycles. The standard InChI is InChI=1S/C22H24N4OS/c1-15(2)16-5-7-17(8-6-16)21-25-19(14-28-21)22(27)26-11-10-24-13-20(26)18-4-3-9-23-12-18/h3-9,12,14-15,20,24H,10-11,13H2,1-2H3. The first-order chi connectivity index (χ1) is 13.6. The van der Waals surface area contributed by atoms with Crippen LogP contribution in [0.2, 0.25) is 0 Å². The van der Waals surface area contributed by atoms with E-state index < -0.39 is 0 Å². The molecule has 1 aliphatic heterocycles. The van der Waals surface area contributed by atoms with Crippen LogP contribution in [-0.2, 0) is 0 Å². The molecule has 4 rings (SSSR count). The highest BCUT2D eigenvalue weighted by Gasteiger charge is 2.30. The van der Waals surface area contributed by atoms with Crippen LogP contribution in [0.15, 0.2) is 54.2 Å². The second kappa shape index (κ2) is 8.20. The fraction of sp³-hybridized carbons (Fsp3) is 0.318. The first kappa shape index (κ1) is 18.8. The maximum Gasteiger partial charge on any atom is 0.273 e. The lowest BCUT2D eigenvalue weighted by Gasteiger charge is -2.36. The molecule has 2 aromatic heterocycles. The van der Waals surface area contributed by atoms with Gasteiger partial charge in [0.05, 0.1) is 6.04 Å². The Morgan fingerprint density at radius 3 is 2.79 bits per heavy atom. The van der Waals surface area contributed by atoms with E-state index in [0.717, 1.165) is 29.2 Å². The zero-order valence-corrected chi connectivity index (χ0v) is 16.9. The number of hydrogen-bond donors (Lipinski definition) is 1. The number of piperazine rings is 1. The number of thiazole rings is 1. The van der Waals surface area contributed by atoms with Crippen molar-refractivity contribution < 1.29 is 4.79 Å². The van der Waals surface area contributed by atoms with Gasteiger partial charge in [-0.25, -0.2) is 4.98 Å². The summed E-state index contributed by atoms with van der Waals surface area (Å²) >= 11 is 1.52. The third-order valence-corrected chi connectivity index (χ3v) is 6.01. The molecule has 1 saturated heterocycles. The topological polar surface area (TPSA) is 58.1 Å². The van der Waals surface area contributed by atoms with Gasteiger partial charge in [-0.2, -0.15) is 0 Å². The number of aromatic nitrogens is 2. The largest absolute Gasteiger partial charge is 0.328 e. The molecule has 5 nitrogen and oxygen atoms in total. The minimum absolute atomic E-state index is 0.0170. The molecule has 1 unspecified atom stereocenters. The van der Waals surface area contributed by atoms with E-state index in [1.165, 1.54) is 16.9 Å². The van der Waals surface area contributed by atoms with Gasteiger partial charge in [-0.1, -0.05) is 44.2 Å². The second-order valence-electron chi connectivity index (χ2n) is 7.32. The van der Waals surface area contributed by atoms with Gasteiger partial charge in [0.25, 0.3) is 5.91 Å². The van der Waals surface area contributed by atoms with Crippen molar-refractivity contribution in [2.24, 2.45) is 0 Å². The Labute approximate surface area is 169 Å². The van der Waals surface area contributed by atoms with Crippen LogP contribution in [0.5, 0.6) is 0 Å². The Hall–Kier alpha value is -2.57. The van der Waals surface area contributed by atoms with Crippen molar-refractivity contribution in [2.45, 2.75) is 25.8 Å². The van der Waals surface area contributed by atoms with Crippen LogP contribution in [0.1, 0.15) is 47.4 Å². The smallest absolute Gasteiger partial charge is 0.273 e. The molecule has 1 atom stereocenters. The number of rotatable bonds is 4. The van der Waals surface area contributed by atoms with Crippen LogP contribution in [-0.4, -0.2) is 40.4 Å². The molecule has 3 aromatic rings. The Morgan fingerprint density at radius 2 is 2.07 bits per heavy atom. The summed E-state index contributed by atoms with van der Waals surface area (Å²) in [5.41, 5.74) is 3.92. The Bertz CT molecular complexity index is 937. The normalized spacial score (nSPS) is 17.1. The van der Waals surface area contributed by atoms with Gasteiger partial charge in [0.1, 0.15) is 10.7 Å². The zero-order chi connectivity index (χ0) is 19.5. The highest BCUT2D eigenvalue weighted by Crippen LogP contribution is 2.28. The lowest BCUT2D eigenvalue weighted by atomic mass is 10.0. The monoisotopic (exact) mass is 392 g/mol. The fourth-order valence-electron chi connectivity index (χ4n) is 3.48. The van der Waals surface area contributed by atoms with E-state index in [9.17, 15) is 4.79 Å². The molecule has 1 N–H and O–H groups in total. The lowest BCUT2D eigenvalue weighted by Crippen LogP contribution is -2.48. The highest BCUT2D eigenvalue weighted by atomic mass is 32.1. The Morgan fingerprint density at radius 1 is 1.25 bits per heavy atom. The van der Waals surface area contributed by atoms with Crippen LogP contribution >= 0.6 is 11.3 Å². The number of carbonyl (C=O) groups is 1. The zero-order valence-electron chi connectivity index (χ0n) is 16.1. The van der Waals surface area contributed by atoms with E-state index in [4.69, 9.17) is 0 Å². The molecule has 0 radical (unpaired) electrons. The molecule has 1 aliphatic rings. The van der Waals surface area contributed by atoms with Gasteiger partial charge in [0.2, 0.25) is 0 Å². The van der Waals surface area contributed by atoms with Gasteiger partial charge in [0.15, 0.2) is 0 Å². The molecular formula is C22H24N4OS. The molecule has 1 aromatic carbocycles. The minimum Gasteiger partial charge on any atom is -0.328 e. The first-order valence-corrected chi connectivity index (χ1v) is 10.5. The second-order valence-corrected chi connectivity index (χ2v) is 8.18. The van der Waals surface area contributed by atoms with Crippen molar-refractivity contribution in [3.8, 4) is 10.6 Å². The molecule has 0 saturated carbocycles. The first-order valence-electron chi connectivity index (χ1n) is 9.61. The molecular weight excluding hydrogens is 368 g/mol. The van der Waals surface area contributed by atoms with Crippen LogP contribution in [0, 0.1) is 0 Å². The number of hydrogen-bond acceptors (Lipinski definition) is 5. The van der Waals surface area contributed by atoms with E-state index in [2.05, 4.69) is 53.4 Å². The van der Waals surface area contributed by atoms with Crippen molar-refractivity contribution in [1.82, 2.24) is 20.2 Å². The minimum atomic E-state index is -0.0228. The number of benzene rings is 1. The third-order valence-electron chi connectivity index (χ3n) is 5.12. The van der Waals surface area contributed by atoms with Crippen molar-refractivity contribution >= 4 is 17.2 Å². The molecule has 6 heteroatoms. The average molecular weight is 393 g/mol. The molecule has 144 valence electrons. The molecule has 3 heterocycles. The average Bonchev–Trinajstić information content (AvgIpc) is 3.24. The Kier molecular flexibility index (Phi) is 5.50. The molecule has 1 amide bonds. The van der Waals surface area contributed by atoms with Crippen LogP contribution in [0.3, 0.4) is 0 Å². The number of pyridine rings is 1. The van der Waals surface area contributed by atoms with Crippen LogP contribution in [0.4, 0.5) is 0 Å². The van der Waals surface area contributed by atoms with E-state index in [0.29, 0.717) is 18.2 Å². The summed E-state index contributed by atoms with van der Waals surface area (Å²) in [4.78, 5) is 24.0. The van der Waals surface area contributed by atoms with Gasteiger partial charge in [0, 0.05) is 43.0 Å². The van der Waals surface area contributed by atoms with Crippen molar-refractivity contribution in [3.63, 3.8) is 0 Å². The van der Waals surface area contributed by atoms with Crippen LogP contribution < -0.4 is 5.32 Å². The summed E-state index contributed by atoms with van der Waals surface area (Å²) in [5, 5.41) is 6.13. The molecule has 0 spiro atoms. The van der Waals surface area contributed by atoms with Gasteiger partial charge in [-0.15, -0.1) is 11.3 Å². The predicted octanol–water partition coefficient (Wildman–Crippen LogP) is 4.12. The van der Waals surface area contributed by atoms with E-state index in [1.807, 2.05) is 28.6 Å². The molecule has 1 fully saturated rings. The fourth-order valence-corrected chi connectivity index (χ4v) is 4.28. The molecule has 0 bridgehead atoms. The number of carbonyl (C=O) groups excluding carboxylic acids is 1. The van der Waals surface area contributed by atoms with E-state index in [1.54, 1.807) is 6.20 Å². The van der Waals surface area contributed by atoms with Crippen molar-refractivity contribution in [1.29, 1.82) is 0 Å². The third kappa shape index (κ3) is 3.84. The summed E-state index contributed by atoms with van der Waals surface area (Å²) < 4.78 is 0. The maximum atomic E-state index is 13.2. The summed E-state index contributed by atoms with van der Waals surface area (Å²) in [7, 11) is 0. The van der Waals surface area contributed by atoms with Gasteiger partial charge < -0.3 is 10.2 Å². The van der Waals surface area contributed by atoms with Gasteiger partial charge >= 0.3 is 0 Å². The van der Waals surface area contributed by atoms with Crippen molar-refractivity contribution in [3.05, 3.63) is 71.0 Å². The summed E-state index contributed by atoms with van der Waals surface area (Å²) in [5.74, 6) is 0.483. The predicted molar refractivity (Wildman–Crippen MR) is 113 cm³/mol. The van der Waals surface area contributed by atoms with Gasteiger partial charge in [-0.3, -0.25) is 9.78 Å². The number of nitrogens with zero attached hydrogens (tertiary/aromatic N) is 3. The number of amides is 1. The van der Waals surface area contributed by atoms with E-state index in [-0.39, 0.29) is 11.9 Å². The van der Waals surface area contributed by atoms with Crippen LogP contribution in [0.25, 0.3) is 10.6 Å². The number of nitrogens with one attached hydrogen (secondary N) is 1. The lowest BCUT2D eigenvalue weighted by molar-refractivity contribution is 0.0629.